The number of hydrogen-bond donors (Lipinski definition) is 1. The molecule has 0 saturated carbocycles. The zero-order valence-corrected chi connectivity index (χ0v) is 13.6. The first-order chi connectivity index (χ1) is 11.3. The fourth-order valence-corrected chi connectivity index (χ4v) is 3.36. The van der Waals surface area contributed by atoms with Crippen molar-refractivity contribution in [3.63, 3.8) is 0 Å². The number of fused-ring (bicyclic) bond motifs is 2. The molecular formula is C21H20N2. The smallest absolute Gasteiger partial charge is 0.0705 e. The van der Waals surface area contributed by atoms with Gasteiger partial charge in [0.05, 0.1) is 5.52 Å². The van der Waals surface area contributed by atoms with Crippen LogP contribution in [0.1, 0.15) is 29.3 Å². The third kappa shape index (κ3) is 2.40. The van der Waals surface area contributed by atoms with E-state index in [1.807, 2.05) is 6.07 Å². The lowest BCUT2D eigenvalue weighted by atomic mass is 10.00. The molecule has 0 aliphatic rings. The van der Waals surface area contributed by atoms with Crippen molar-refractivity contribution in [2.45, 2.75) is 26.7 Å². The summed E-state index contributed by atoms with van der Waals surface area (Å²) >= 11 is 0. The number of nitrogens with zero attached hydrogens (tertiary/aromatic N) is 1. The molecular weight excluding hydrogens is 280 g/mol. The van der Waals surface area contributed by atoms with Crippen LogP contribution in [0, 0.1) is 6.92 Å². The number of benzene rings is 2. The lowest BCUT2D eigenvalue weighted by Crippen LogP contribution is -1.95. The van der Waals surface area contributed by atoms with Gasteiger partial charge in [-0.25, -0.2) is 0 Å². The van der Waals surface area contributed by atoms with Crippen LogP contribution in [0.5, 0.6) is 0 Å². The number of para-hydroxylation sites is 2. The molecule has 0 bridgehead atoms. The molecule has 0 aliphatic heterocycles. The highest BCUT2D eigenvalue weighted by molar-refractivity contribution is 5.86. The highest BCUT2D eigenvalue weighted by Gasteiger charge is 2.10. The number of aromatic amines is 1. The van der Waals surface area contributed by atoms with Gasteiger partial charge < -0.3 is 4.98 Å². The van der Waals surface area contributed by atoms with E-state index >= 15 is 0 Å². The van der Waals surface area contributed by atoms with Gasteiger partial charge in [-0.3, -0.25) is 4.98 Å². The van der Waals surface area contributed by atoms with Gasteiger partial charge in [0, 0.05) is 34.6 Å². The second-order valence-electron chi connectivity index (χ2n) is 6.11. The Kier molecular flexibility index (Phi) is 3.38. The fraction of sp³-hybridized carbons (Fsp3) is 0.190. The molecule has 2 aromatic heterocycles. The molecule has 0 aliphatic carbocycles. The Labute approximate surface area is 136 Å². The van der Waals surface area contributed by atoms with Gasteiger partial charge in [-0.1, -0.05) is 43.3 Å². The van der Waals surface area contributed by atoms with Crippen molar-refractivity contribution in [2.24, 2.45) is 0 Å². The minimum atomic E-state index is 0.914. The maximum absolute atomic E-state index is 4.76. The second kappa shape index (κ2) is 5.54. The van der Waals surface area contributed by atoms with Crippen molar-refractivity contribution < 1.29 is 0 Å². The SMILES string of the molecule is CCc1cccc2c(Cc3cc4ccccc4nc3C)c[nH]c12. The van der Waals surface area contributed by atoms with Crippen LogP contribution in [0.15, 0.2) is 54.7 Å². The molecule has 0 spiro atoms. The van der Waals surface area contributed by atoms with E-state index in [1.54, 1.807) is 0 Å². The van der Waals surface area contributed by atoms with Crippen molar-refractivity contribution in [1.29, 1.82) is 0 Å². The number of H-pyrrole nitrogens is 1. The minimum absolute atomic E-state index is 0.914. The van der Waals surface area contributed by atoms with Crippen molar-refractivity contribution >= 4 is 21.8 Å². The molecule has 1 N–H and O–H groups in total. The Hall–Kier alpha value is -2.61. The average Bonchev–Trinajstić information content (AvgIpc) is 2.98. The van der Waals surface area contributed by atoms with Gasteiger partial charge in [0.25, 0.3) is 0 Å². The van der Waals surface area contributed by atoms with Crippen molar-refractivity contribution in [1.82, 2.24) is 9.97 Å². The number of aromatic nitrogens is 2. The first kappa shape index (κ1) is 14.0. The van der Waals surface area contributed by atoms with E-state index in [-0.39, 0.29) is 0 Å². The van der Waals surface area contributed by atoms with Crippen LogP contribution in [-0.2, 0) is 12.8 Å². The topological polar surface area (TPSA) is 28.7 Å². The Bertz CT molecular complexity index is 995. The standard InChI is InChI=1S/C21H20N2/c1-3-15-8-6-9-19-18(13-22-21(15)19)12-17-11-16-7-4-5-10-20(16)23-14(17)2/h4-11,13,22H,3,12H2,1-2H3. The molecule has 0 radical (unpaired) electrons. The fourth-order valence-electron chi connectivity index (χ4n) is 3.36. The predicted molar refractivity (Wildman–Crippen MR) is 97.0 cm³/mol. The molecule has 4 aromatic rings. The lowest BCUT2D eigenvalue weighted by Gasteiger charge is -2.07. The zero-order chi connectivity index (χ0) is 15.8. The Morgan fingerprint density at radius 2 is 1.83 bits per heavy atom. The van der Waals surface area contributed by atoms with Crippen LogP contribution in [0.4, 0.5) is 0 Å². The summed E-state index contributed by atoms with van der Waals surface area (Å²) in [6.45, 7) is 4.31. The number of aryl methyl sites for hydroxylation is 2. The van der Waals surface area contributed by atoms with Gasteiger partial charge in [0.1, 0.15) is 0 Å². The van der Waals surface area contributed by atoms with E-state index in [1.165, 1.54) is 33.0 Å². The molecule has 0 unspecified atom stereocenters. The highest BCUT2D eigenvalue weighted by Crippen LogP contribution is 2.26. The molecule has 23 heavy (non-hydrogen) atoms. The zero-order valence-electron chi connectivity index (χ0n) is 13.6. The molecule has 4 rings (SSSR count). The maximum atomic E-state index is 4.76. The summed E-state index contributed by atoms with van der Waals surface area (Å²) in [6, 6.07) is 17.2. The summed E-state index contributed by atoms with van der Waals surface area (Å²) in [4.78, 5) is 8.22. The van der Waals surface area contributed by atoms with E-state index in [4.69, 9.17) is 4.98 Å². The van der Waals surface area contributed by atoms with Gasteiger partial charge in [-0.05, 0) is 42.2 Å². The Morgan fingerprint density at radius 1 is 0.957 bits per heavy atom. The normalized spacial score (nSPS) is 11.4. The lowest BCUT2D eigenvalue weighted by molar-refractivity contribution is 1.11. The van der Waals surface area contributed by atoms with Crippen LogP contribution < -0.4 is 0 Å². The number of nitrogens with one attached hydrogen (secondary N) is 1. The summed E-state index contributed by atoms with van der Waals surface area (Å²) < 4.78 is 0. The van der Waals surface area contributed by atoms with Crippen LogP contribution in [-0.4, -0.2) is 9.97 Å². The van der Waals surface area contributed by atoms with Crippen LogP contribution in [0.2, 0.25) is 0 Å². The highest BCUT2D eigenvalue weighted by atomic mass is 14.7. The molecule has 114 valence electrons. The first-order valence-corrected chi connectivity index (χ1v) is 8.19. The number of pyridine rings is 1. The summed E-state index contributed by atoms with van der Waals surface area (Å²) in [7, 11) is 0. The third-order valence-electron chi connectivity index (χ3n) is 4.67. The second-order valence-corrected chi connectivity index (χ2v) is 6.11. The third-order valence-corrected chi connectivity index (χ3v) is 4.67. The van der Waals surface area contributed by atoms with E-state index in [2.05, 4.69) is 67.5 Å². The van der Waals surface area contributed by atoms with E-state index in [0.29, 0.717) is 0 Å². The Morgan fingerprint density at radius 3 is 2.70 bits per heavy atom. The van der Waals surface area contributed by atoms with Crippen molar-refractivity contribution in [3.8, 4) is 0 Å². The van der Waals surface area contributed by atoms with Crippen molar-refractivity contribution in [3.05, 3.63) is 77.1 Å². The van der Waals surface area contributed by atoms with Gasteiger partial charge >= 0.3 is 0 Å². The van der Waals surface area contributed by atoms with Crippen LogP contribution >= 0.6 is 0 Å². The molecule has 0 saturated heterocycles. The molecule has 2 nitrogen and oxygen atoms in total. The van der Waals surface area contributed by atoms with Gasteiger partial charge in [0.2, 0.25) is 0 Å². The summed E-state index contributed by atoms with van der Waals surface area (Å²) in [5.74, 6) is 0. The predicted octanol–water partition coefficient (Wildman–Crippen LogP) is 5.18. The minimum Gasteiger partial charge on any atom is -0.361 e. The van der Waals surface area contributed by atoms with E-state index in [9.17, 15) is 0 Å². The maximum Gasteiger partial charge on any atom is 0.0705 e. The van der Waals surface area contributed by atoms with Gasteiger partial charge in [0.15, 0.2) is 0 Å². The Balaban J connectivity index is 1.80. The number of rotatable bonds is 3. The first-order valence-electron chi connectivity index (χ1n) is 8.19. The molecule has 0 fully saturated rings. The number of hydrogen-bond acceptors (Lipinski definition) is 1. The quantitative estimate of drug-likeness (QED) is 0.555. The molecule has 2 heteroatoms. The summed E-state index contributed by atoms with van der Waals surface area (Å²) in [5.41, 5.74) is 7.48. The van der Waals surface area contributed by atoms with E-state index < -0.39 is 0 Å². The molecule has 0 amide bonds. The van der Waals surface area contributed by atoms with Gasteiger partial charge in [-0.15, -0.1) is 0 Å². The monoisotopic (exact) mass is 300 g/mol. The molecule has 0 atom stereocenters. The van der Waals surface area contributed by atoms with Crippen LogP contribution in [0.25, 0.3) is 21.8 Å². The average molecular weight is 300 g/mol. The largest absolute Gasteiger partial charge is 0.361 e. The molecule has 2 heterocycles. The summed E-state index contributed by atoms with van der Waals surface area (Å²) in [6.07, 6.45) is 4.11. The van der Waals surface area contributed by atoms with E-state index in [0.717, 1.165) is 24.1 Å². The summed E-state index contributed by atoms with van der Waals surface area (Å²) in [5, 5.41) is 2.54. The van der Waals surface area contributed by atoms with Crippen molar-refractivity contribution in [2.75, 3.05) is 0 Å². The van der Waals surface area contributed by atoms with Crippen LogP contribution in [0.3, 0.4) is 0 Å². The van der Waals surface area contributed by atoms with Gasteiger partial charge in [-0.2, -0.15) is 0 Å². The molecule has 2 aromatic carbocycles.